The molecule has 2 amide bonds. The molecule has 182 valence electrons. The van der Waals surface area contributed by atoms with E-state index in [1.807, 2.05) is 0 Å². The van der Waals surface area contributed by atoms with Gasteiger partial charge in [-0.05, 0) is 42.7 Å². The van der Waals surface area contributed by atoms with Crippen LogP contribution in [0.5, 0.6) is 0 Å². The lowest BCUT2D eigenvalue weighted by Gasteiger charge is -2.26. The molecule has 0 atom stereocenters. The van der Waals surface area contributed by atoms with Crippen molar-refractivity contribution in [3.63, 3.8) is 0 Å². The lowest BCUT2D eigenvalue weighted by molar-refractivity contribution is 0.0729. The van der Waals surface area contributed by atoms with Gasteiger partial charge in [-0.25, -0.2) is 8.42 Å². The van der Waals surface area contributed by atoms with Crippen molar-refractivity contribution in [3.05, 3.63) is 65.2 Å². The van der Waals surface area contributed by atoms with Gasteiger partial charge in [0.1, 0.15) is 0 Å². The summed E-state index contributed by atoms with van der Waals surface area (Å²) in [6, 6.07) is 13.6. The minimum atomic E-state index is -3.44. The van der Waals surface area contributed by atoms with Crippen LogP contribution in [0.1, 0.15) is 58.4 Å². The number of carbonyl (C=O) groups excluding carboxylic acids is 2. The number of para-hydroxylation sites is 1. The first kappa shape index (κ1) is 24.4. The Labute approximate surface area is 200 Å². The van der Waals surface area contributed by atoms with Crippen molar-refractivity contribution in [3.8, 4) is 0 Å². The summed E-state index contributed by atoms with van der Waals surface area (Å²) in [7, 11) is -3.44. The Balaban J connectivity index is 1.39. The zero-order valence-corrected chi connectivity index (χ0v) is 20.0. The fraction of sp³-hybridized carbons (Fsp3) is 0.440. The third-order valence-corrected chi connectivity index (χ3v) is 8.14. The maximum Gasteiger partial charge on any atom is 0.255 e. The second kappa shape index (κ2) is 11.1. The summed E-state index contributed by atoms with van der Waals surface area (Å²) in [5, 5.41) is 5.91. The predicted molar refractivity (Wildman–Crippen MR) is 130 cm³/mol. The Bertz CT molecular complexity index is 1110. The normalized spacial score (nSPS) is 17.8. The predicted octanol–water partition coefficient (Wildman–Crippen LogP) is 3.16. The average molecular weight is 486 g/mol. The van der Waals surface area contributed by atoms with E-state index >= 15 is 0 Å². The summed E-state index contributed by atoms with van der Waals surface area (Å²) in [5.74, 6) is -0.675. The molecule has 0 radical (unpaired) electrons. The van der Waals surface area contributed by atoms with Crippen LogP contribution in [0.3, 0.4) is 0 Å². The van der Waals surface area contributed by atoms with Gasteiger partial charge in [0.25, 0.3) is 11.8 Å². The van der Waals surface area contributed by atoms with E-state index in [1.165, 1.54) is 10.7 Å². The molecule has 8 nitrogen and oxygen atoms in total. The number of ether oxygens (including phenoxy) is 1. The molecule has 2 aliphatic rings. The van der Waals surface area contributed by atoms with Crippen LogP contribution < -0.4 is 10.6 Å². The van der Waals surface area contributed by atoms with Crippen LogP contribution in [0.15, 0.2) is 48.5 Å². The van der Waals surface area contributed by atoms with Crippen LogP contribution in [-0.4, -0.2) is 56.9 Å². The highest BCUT2D eigenvalue weighted by Gasteiger charge is 2.25. The fourth-order valence-corrected chi connectivity index (χ4v) is 5.88. The Morgan fingerprint density at radius 1 is 0.912 bits per heavy atom. The number of hydrogen-bond acceptors (Lipinski definition) is 5. The lowest BCUT2D eigenvalue weighted by Crippen LogP contribution is -2.41. The molecule has 34 heavy (non-hydrogen) atoms. The van der Waals surface area contributed by atoms with Gasteiger partial charge in [0.05, 0.1) is 30.2 Å². The molecule has 1 heterocycles. The second-order valence-electron chi connectivity index (χ2n) is 8.77. The molecule has 1 saturated carbocycles. The van der Waals surface area contributed by atoms with E-state index in [1.54, 1.807) is 48.5 Å². The standard InChI is InChI=1S/C25H31N3O5S/c29-24(20-12-10-19(11-13-20)18-34(31,32)28-14-16-33-17-15-28)27-23-9-5-4-8-22(23)25(30)26-21-6-2-1-3-7-21/h4-5,8-13,21H,1-3,6-7,14-18H2,(H,26,30)(H,27,29). The van der Waals surface area contributed by atoms with E-state index in [0.717, 1.165) is 25.7 Å². The van der Waals surface area contributed by atoms with Crippen molar-refractivity contribution in [2.45, 2.75) is 43.9 Å². The molecule has 2 aromatic rings. The van der Waals surface area contributed by atoms with Gasteiger partial charge in [-0.3, -0.25) is 9.59 Å². The van der Waals surface area contributed by atoms with Crippen LogP contribution in [-0.2, 0) is 20.5 Å². The highest BCUT2D eigenvalue weighted by atomic mass is 32.2. The largest absolute Gasteiger partial charge is 0.379 e. The van der Waals surface area contributed by atoms with Gasteiger partial charge in [0, 0.05) is 24.7 Å². The van der Waals surface area contributed by atoms with Crippen molar-refractivity contribution >= 4 is 27.5 Å². The first-order chi connectivity index (χ1) is 16.4. The molecule has 9 heteroatoms. The summed E-state index contributed by atoms with van der Waals surface area (Å²) in [6.07, 6.45) is 5.40. The molecule has 0 spiro atoms. The maximum absolute atomic E-state index is 12.8. The Hall–Kier alpha value is -2.75. The molecule has 2 aromatic carbocycles. The third-order valence-electron chi connectivity index (χ3n) is 6.29. The van der Waals surface area contributed by atoms with E-state index in [4.69, 9.17) is 4.74 Å². The van der Waals surface area contributed by atoms with E-state index in [0.29, 0.717) is 48.7 Å². The zero-order valence-electron chi connectivity index (χ0n) is 19.2. The highest BCUT2D eigenvalue weighted by molar-refractivity contribution is 7.88. The number of nitrogens with one attached hydrogen (secondary N) is 2. The number of carbonyl (C=O) groups is 2. The first-order valence-electron chi connectivity index (χ1n) is 11.8. The number of anilines is 1. The molecular formula is C25H31N3O5S. The number of morpholine rings is 1. The monoisotopic (exact) mass is 485 g/mol. The van der Waals surface area contributed by atoms with Gasteiger partial charge in [-0.2, -0.15) is 4.31 Å². The minimum Gasteiger partial charge on any atom is -0.379 e. The summed E-state index contributed by atoms with van der Waals surface area (Å²) in [6.45, 7) is 1.52. The average Bonchev–Trinajstić information content (AvgIpc) is 2.86. The topological polar surface area (TPSA) is 105 Å². The van der Waals surface area contributed by atoms with E-state index in [2.05, 4.69) is 10.6 Å². The van der Waals surface area contributed by atoms with Gasteiger partial charge in [-0.1, -0.05) is 43.5 Å². The van der Waals surface area contributed by atoms with Crippen LogP contribution >= 0.6 is 0 Å². The Kier molecular flexibility index (Phi) is 7.97. The van der Waals surface area contributed by atoms with Gasteiger partial charge < -0.3 is 15.4 Å². The first-order valence-corrected chi connectivity index (χ1v) is 13.4. The molecule has 0 unspecified atom stereocenters. The van der Waals surface area contributed by atoms with Gasteiger partial charge in [0.2, 0.25) is 10.0 Å². The molecule has 2 fully saturated rings. The van der Waals surface area contributed by atoms with Crippen molar-refractivity contribution in [2.75, 3.05) is 31.6 Å². The number of hydrogen-bond donors (Lipinski definition) is 2. The zero-order chi connectivity index (χ0) is 24.0. The summed E-state index contributed by atoms with van der Waals surface area (Å²) in [4.78, 5) is 25.7. The Morgan fingerprint density at radius 2 is 1.59 bits per heavy atom. The third kappa shape index (κ3) is 6.22. The molecular weight excluding hydrogens is 454 g/mol. The smallest absolute Gasteiger partial charge is 0.255 e. The SMILES string of the molecule is O=C(Nc1ccccc1C(=O)NC1CCCCC1)c1ccc(CS(=O)(=O)N2CCOCC2)cc1. The number of benzene rings is 2. The van der Waals surface area contributed by atoms with E-state index in [9.17, 15) is 18.0 Å². The van der Waals surface area contributed by atoms with Crippen molar-refractivity contribution in [1.82, 2.24) is 9.62 Å². The molecule has 1 saturated heterocycles. The van der Waals surface area contributed by atoms with Gasteiger partial charge >= 0.3 is 0 Å². The molecule has 1 aliphatic heterocycles. The number of amides is 2. The van der Waals surface area contributed by atoms with Crippen LogP contribution in [0.4, 0.5) is 5.69 Å². The molecule has 2 N–H and O–H groups in total. The molecule has 1 aliphatic carbocycles. The van der Waals surface area contributed by atoms with Crippen LogP contribution in [0, 0.1) is 0 Å². The Morgan fingerprint density at radius 3 is 2.29 bits per heavy atom. The lowest BCUT2D eigenvalue weighted by atomic mass is 9.95. The quantitative estimate of drug-likeness (QED) is 0.627. The summed E-state index contributed by atoms with van der Waals surface area (Å²) in [5.41, 5.74) is 1.86. The van der Waals surface area contributed by atoms with Crippen LogP contribution in [0.2, 0.25) is 0 Å². The van der Waals surface area contributed by atoms with E-state index in [-0.39, 0.29) is 23.6 Å². The summed E-state index contributed by atoms with van der Waals surface area (Å²) >= 11 is 0. The fourth-order valence-electron chi connectivity index (χ4n) is 4.37. The minimum absolute atomic E-state index is 0.126. The molecule has 0 bridgehead atoms. The maximum atomic E-state index is 12.8. The molecule has 4 rings (SSSR count). The van der Waals surface area contributed by atoms with Crippen molar-refractivity contribution in [2.24, 2.45) is 0 Å². The number of rotatable bonds is 7. The number of sulfonamides is 1. The van der Waals surface area contributed by atoms with Crippen molar-refractivity contribution < 1.29 is 22.7 Å². The highest BCUT2D eigenvalue weighted by Crippen LogP contribution is 2.21. The summed E-state index contributed by atoms with van der Waals surface area (Å²) < 4.78 is 31.9. The van der Waals surface area contributed by atoms with E-state index < -0.39 is 10.0 Å². The second-order valence-corrected chi connectivity index (χ2v) is 10.7. The van der Waals surface area contributed by atoms with Crippen molar-refractivity contribution in [1.29, 1.82) is 0 Å². The van der Waals surface area contributed by atoms with Gasteiger partial charge in [0.15, 0.2) is 0 Å². The van der Waals surface area contributed by atoms with Crippen LogP contribution in [0.25, 0.3) is 0 Å². The number of nitrogens with zero attached hydrogens (tertiary/aromatic N) is 1. The molecule has 0 aromatic heterocycles. The van der Waals surface area contributed by atoms with Gasteiger partial charge in [-0.15, -0.1) is 0 Å².